The standard InChI is InChI=1S/C29H32N2O3/c1-23(32)26-14-8-15-27(22-26)34-21-9-16-28(33)30-17-19-31(20-18-30)29(24-10-4-2-5-11-24)25-12-6-3-7-13-25/h2-8,10-15,22,29H,9,16-21H2,1H3. The number of nitrogens with zero attached hydrogens (tertiary/aromatic N) is 2. The second kappa shape index (κ2) is 11.6. The smallest absolute Gasteiger partial charge is 0.222 e. The minimum atomic E-state index is 0.0153. The van der Waals surface area contributed by atoms with Crippen LogP contribution in [0.2, 0.25) is 0 Å². The monoisotopic (exact) mass is 456 g/mol. The summed E-state index contributed by atoms with van der Waals surface area (Å²) in [6.45, 7) is 5.15. The molecule has 1 amide bonds. The van der Waals surface area contributed by atoms with Gasteiger partial charge < -0.3 is 9.64 Å². The van der Waals surface area contributed by atoms with Gasteiger partial charge in [-0.3, -0.25) is 14.5 Å². The summed E-state index contributed by atoms with van der Waals surface area (Å²) in [6.07, 6.45) is 1.12. The number of hydrogen-bond donors (Lipinski definition) is 0. The van der Waals surface area contributed by atoms with Crippen molar-refractivity contribution < 1.29 is 14.3 Å². The Labute approximate surface area is 202 Å². The summed E-state index contributed by atoms with van der Waals surface area (Å²) in [5.74, 6) is 0.861. The van der Waals surface area contributed by atoms with E-state index in [1.54, 1.807) is 19.1 Å². The highest BCUT2D eigenvalue weighted by Crippen LogP contribution is 2.29. The van der Waals surface area contributed by atoms with Crippen molar-refractivity contribution >= 4 is 11.7 Å². The first-order chi connectivity index (χ1) is 16.6. The summed E-state index contributed by atoms with van der Waals surface area (Å²) in [7, 11) is 0. The van der Waals surface area contributed by atoms with E-state index in [-0.39, 0.29) is 17.7 Å². The van der Waals surface area contributed by atoms with Crippen LogP contribution in [0.15, 0.2) is 84.9 Å². The van der Waals surface area contributed by atoms with Crippen LogP contribution in [-0.2, 0) is 4.79 Å². The number of Topliss-reactive ketones (excluding diaryl/α,β-unsaturated/α-hetero) is 1. The molecule has 1 saturated heterocycles. The minimum Gasteiger partial charge on any atom is -0.494 e. The summed E-state index contributed by atoms with van der Waals surface area (Å²) in [5.41, 5.74) is 3.19. The van der Waals surface area contributed by atoms with Gasteiger partial charge >= 0.3 is 0 Å². The van der Waals surface area contributed by atoms with E-state index in [2.05, 4.69) is 53.4 Å². The maximum Gasteiger partial charge on any atom is 0.222 e. The Hall–Kier alpha value is -3.44. The zero-order valence-corrected chi connectivity index (χ0v) is 19.7. The average molecular weight is 457 g/mol. The fourth-order valence-corrected chi connectivity index (χ4v) is 4.49. The van der Waals surface area contributed by atoms with E-state index in [9.17, 15) is 9.59 Å². The van der Waals surface area contributed by atoms with Crippen molar-refractivity contribution in [2.24, 2.45) is 0 Å². The predicted octanol–water partition coefficient (Wildman–Crippen LogP) is 4.98. The molecule has 1 fully saturated rings. The van der Waals surface area contributed by atoms with Crippen LogP contribution in [0.25, 0.3) is 0 Å². The van der Waals surface area contributed by atoms with E-state index in [1.807, 2.05) is 29.2 Å². The van der Waals surface area contributed by atoms with Gasteiger partial charge in [-0.2, -0.15) is 0 Å². The molecular formula is C29H32N2O3. The van der Waals surface area contributed by atoms with E-state index in [1.165, 1.54) is 11.1 Å². The zero-order chi connectivity index (χ0) is 23.8. The van der Waals surface area contributed by atoms with Crippen molar-refractivity contribution in [1.82, 2.24) is 9.80 Å². The van der Waals surface area contributed by atoms with E-state index in [4.69, 9.17) is 4.74 Å². The number of amides is 1. The molecule has 0 spiro atoms. The van der Waals surface area contributed by atoms with Crippen molar-refractivity contribution in [2.45, 2.75) is 25.8 Å². The molecule has 4 rings (SSSR count). The summed E-state index contributed by atoms with van der Waals surface area (Å²) >= 11 is 0. The minimum absolute atomic E-state index is 0.0153. The molecule has 0 aromatic heterocycles. The third-order valence-corrected chi connectivity index (χ3v) is 6.31. The quantitative estimate of drug-likeness (QED) is 0.337. The van der Waals surface area contributed by atoms with Gasteiger partial charge in [-0.05, 0) is 36.6 Å². The van der Waals surface area contributed by atoms with Crippen LogP contribution in [0.4, 0.5) is 0 Å². The SMILES string of the molecule is CC(=O)c1cccc(OCCCC(=O)N2CCN(C(c3ccccc3)c3ccccc3)CC2)c1. The number of ketones is 1. The van der Waals surface area contributed by atoms with Gasteiger partial charge in [0, 0.05) is 38.2 Å². The largest absolute Gasteiger partial charge is 0.494 e. The maximum absolute atomic E-state index is 12.8. The number of carbonyl (C=O) groups is 2. The van der Waals surface area contributed by atoms with Crippen LogP contribution in [-0.4, -0.2) is 54.3 Å². The summed E-state index contributed by atoms with van der Waals surface area (Å²) < 4.78 is 5.75. The lowest BCUT2D eigenvalue weighted by molar-refractivity contribution is -0.133. The molecule has 3 aromatic carbocycles. The van der Waals surface area contributed by atoms with Crippen LogP contribution in [0.3, 0.4) is 0 Å². The molecule has 0 saturated carbocycles. The lowest BCUT2D eigenvalue weighted by Crippen LogP contribution is -2.49. The van der Waals surface area contributed by atoms with Gasteiger partial charge in [0.15, 0.2) is 5.78 Å². The van der Waals surface area contributed by atoms with Gasteiger partial charge in [-0.15, -0.1) is 0 Å². The number of carbonyl (C=O) groups excluding carboxylic acids is 2. The molecule has 0 N–H and O–H groups in total. The maximum atomic E-state index is 12.8. The summed E-state index contributed by atoms with van der Waals surface area (Å²) in [4.78, 5) is 28.7. The molecular weight excluding hydrogens is 424 g/mol. The number of hydrogen-bond acceptors (Lipinski definition) is 4. The van der Waals surface area contributed by atoms with Gasteiger partial charge in [-0.25, -0.2) is 0 Å². The molecule has 1 aliphatic heterocycles. The lowest BCUT2D eigenvalue weighted by atomic mass is 9.96. The fourth-order valence-electron chi connectivity index (χ4n) is 4.49. The first-order valence-electron chi connectivity index (χ1n) is 12.0. The van der Waals surface area contributed by atoms with Gasteiger partial charge in [0.1, 0.15) is 5.75 Å². The molecule has 0 aliphatic carbocycles. The Kier molecular flexibility index (Phi) is 8.10. The fraction of sp³-hybridized carbons (Fsp3) is 0.310. The van der Waals surface area contributed by atoms with Crippen molar-refractivity contribution in [3.05, 3.63) is 102 Å². The third kappa shape index (κ3) is 6.12. The second-order valence-corrected chi connectivity index (χ2v) is 8.68. The van der Waals surface area contributed by atoms with Crippen LogP contribution in [0.1, 0.15) is 47.3 Å². The molecule has 3 aromatic rings. The van der Waals surface area contributed by atoms with E-state index >= 15 is 0 Å². The molecule has 0 radical (unpaired) electrons. The van der Waals surface area contributed by atoms with Crippen LogP contribution < -0.4 is 4.74 Å². The zero-order valence-electron chi connectivity index (χ0n) is 19.7. The van der Waals surface area contributed by atoms with Gasteiger partial charge in [0.2, 0.25) is 5.91 Å². The molecule has 176 valence electrons. The molecule has 1 heterocycles. The summed E-state index contributed by atoms with van der Waals surface area (Å²) in [5, 5.41) is 0. The average Bonchev–Trinajstić information content (AvgIpc) is 2.88. The van der Waals surface area contributed by atoms with Crippen molar-refractivity contribution in [3.63, 3.8) is 0 Å². The van der Waals surface area contributed by atoms with E-state index in [0.717, 1.165) is 26.2 Å². The van der Waals surface area contributed by atoms with E-state index < -0.39 is 0 Å². The van der Waals surface area contributed by atoms with Gasteiger partial charge in [0.25, 0.3) is 0 Å². The Balaban J connectivity index is 1.27. The molecule has 0 bridgehead atoms. The first-order valence-corrected chi connectivity index (χ1v) is 12.0. The Morgan fingerprint density at radius 1 is 0.824 bits per heavy atom. The van der Waals surface area contributed by atoms with Crippen molar-refractivity contribution in [3.8, 4) is 5.75 Å². The predicted molar refractivity (Wildman–Crippen MR) is 134 cm³/mol. The van der Waals surface area contributed by atoms with Crippen LogP contribution in [0, 0.1) is 0 Å². The number of rotatable bonds is 9. The Morgan fingerprint density at radius 2 is 1.44 bits per heavy atom. The van der Waals surface area contributed by atoms with Crippen molar-refractivity contribution in [2.75, 3.05) is 32.8 Å². The highest BCUT2D eigenvalue weighted by molar-refractivity contribution is 5.94. The number of benzene rings is 3. The molecule has 0 unspecified atom stereocenters. The first kappa shape index (κ1) is 23.7. The number of piperazine rings is 1. The third-order valence-electron chi connectivity index (χ3n) is 6.31. The molecule has 34 heavy (non-hydrogen) atoms. The summed E-state index contributed by atoms with van der Waals surface area (Å²) in [6, 6.07) is 28.5. The molecule has 5 nitrogen and oxygen atoms in total. The molecule has 0 atom stereocenters. The molecule has 1 aliphatic rings. The van der Waals surface area contributed by atoms with Gasteiger partial charge in [0.05, 0.1) is 12.6 Å². The van der Waals surface area contributed by atoms with Gasteiger partial charge in [-0.1, -0.05) is 72.8 Å². The van der Waals surface area contributed by atoms with E-state index in [0.29, 0.717) is 30.8 Å². The highest BCUT2D eigenvalue weighted by Gasteiger charge is 2.27. The number of ether oxygens (including phenoxy) is 1. The second-order valence-electron chi connectivity index (χ2n) is 8.68. The lowest BCUT2D eigenvalue weighted by Gasteiger charge is -2.40. The topological polar surface area (TPSA) is 49.9 Å². The van der Waals surface area contributed by atoms with Crippen LogP contribution >= 0.6 is 0 Å². The molecule has 5 heteroatoms. The normalized spacial score (nSPS) is 14.2. The van der Waals surface area contributed by atoms with Crippen LogP contribution in [0.5, 0.6) is 5.75 Å². The Bertz CT molecular complexity index is 1040. The highest BCUT2D eigenvalue weighted by atomic mass is 16.5. The van der Waals surface area contributed by atoms with Crippen molar-refractivity contribution in [1.29, 1.82) is 0 Å². The Morgan fingerprint density at radius 3 is 2.03 bits per heavy atom.